The topological polar surface area (TPSA) is 84.0 Å². The maximum absolute atomic E-state index is 12.9. The summed E-state index contributed by atoms with van der Waals surface area (Å²) in [5, 5.41) is 16.7. The zero-order chi connectivity index (χ0) is 17.9. The van der Waals surface area contributed by atoms with Crippen molar-refractivity contribution in [2.45, 2.75) is 38.3 Å². The smallest absolute Gasteiger partial charge is 0.266 e. The second-order valence-corrected chi connectivity index (χ2v) is 6.65. The number of nitrogens with zero attached hydrogens (tertiary/aromatic N) is 5. The number of piperidine rings is 1. The Bertz CT molecular complexity index is 754. The average Bonchev–Trinajstić information content (AvgIpc) is 3.16. The second-order valence-electron chi connectivity index (χ2n) is 6.65. The third-order valence-corrected chi connectivity index (χ3v) is 4.44. The molecule has 0 bridgehead atoms. The first-order valence-corrected chi connectivity index (χ1v) is 8.34. The molecule has 1 saturated heterocycles. The fourth-order valence-electron chi connectivity index (χ4n) is 3.06. The molecule has 25 heavy (non-hydrogen) atoms. The summed E-state index contributed by atoms with van der Waals surface area (Å²) in [6.07, 6.45) is 5.23. The Balaban J connectivity index is 1.60. The van der Waals surface area contributed by atoms with E-state index in [-0.39, 0.29) is 11.9 Å². The highest BCUT2D eigenvalue weighted by atomic mass is 16.5. The molecular formula is C18H21N5O2. The van der Waals surface area contributed by atoms with Crippen molar-refractivity contribution in [1.82, 2.24) is 19.9 Å². The number of carbonyl (C=O) groups excluding carboxylic acids is 1. The Morgan fingerprint density at radius 1 is 1.28 bits per heavy atom. The summed E-state index contributed by atoms with van der Waals surface area (Å²) in [6.45, 7) is 4.89. The van der Waals surface area contributed by atoms with E-state index in [1.165, 1.54) is 0 Å². The SMILES string of the molecule is CC(C)(Oc1ccc(C#N)cc1)C(=O)N1CCC(n2ccnn2)CC1. The number of carbonyl (C=O) groups is 1. The van der Waals surface area contributed by atoms with Gasteiger partial charge >= 0.3 is 0 Å². The Hall–Kier alpha value is -2.88. The number of hydrogen-bond acceptors (Lipinski definition) is 5. The summed E-state index contributed by atoms with van der Waals surface area (Å²) in [7, 11) is 0. The highest BCUT2D eigenvalue weighted by Gasteiger charge is 2.36. The molecule has 130 valence electrons. The predicted octanol–water partition coefficient (Wildman–Crippen LogP) is 2.17. The van der Waals surface area contributed by atoms with Crippen molar-refractivity contribution in [2.24, 2.45) is 0 Å². The molecule has 1 aliphatic rings. The van der Waals surface area contributed by atoms with Crippen LogP contribution in [0.4, 0.5) is 0 Å². The van der Waals surface area contributed by atoms with Gasteiger partial charge in [0.25, 0.3) is 5.91 Å². The molecule has 1 fully saturated rings. The number of ether oxygens (including phenoxy) is 1. The number of rotatable bonds is 4. The Morgan fingerprint density at radius 3 is 2.52 bits per heavy atom. The second kappa shape index (κ2) is 6.93. The molecule has 0 saturated carbocycles. The van der Waals surface area contributed by atoms with Crippen molar-refractivity contribution in [3.05, 3.63) is 42.2 Å². The van der Waals surface area contributed by atoms with Crippen LogP contribution in [0.2, 0.25) is 0 Å². The van der Waals surface area contributed by atoms with E-state index in [0.717, 1.165) is 12.8 Å². The zero-order valence-electron chi connectivity index (χ0n) is 14.4. The number of amides is 1. The van der Waals surface area contributed by atoms with Gasteiger partial charge in [0.1, 0.15) is 5.75 Å². The third-order valence-electron chi connectivity index (χ3n) is 4.44. The van der Waals surface area contributed by atoms with Crippen molar-refractivity contribution < 1.29 is 9.53 Å². The summed E-state index contributed by atoms with van der Waals surface area (Å²) in [5.74, 6) is 0.545. The van der Waals surface area contributed by atoms with Gasteiger partial charge in [0.15, 0.2) is 5.60 Å². The summed E-state index contributed by atoms with van der Waals surface area (Å²) < 4.78 is 7.75. The Kier molecular flexibility index (Phi) is 4.70. The highest BCUT2D eigenvalue weighted by molar-refractivity contribution is 5.85. The normalized spacial score (nSPS) is 15.6. The Labute approximate surface area is 146 Å². The van der Waals surface area contributed by atoms with Crippen LogP contribution in [-0.4, -0.2) is 44.5 Å². The molecule has 7 nitrogen and oxygen atoms in total. The molecule has 1 amide bonds. The monoisotopic (exact) mass is 339 g/mol. The molecule has 7 heteroatoms. The summed E-state index contributed by atoms with van der Waals surface area (Å²) in [5.41, 5.74) is -0.402. The van der Waals surface area contributed by atoms with Crippen LogP contribution in [-0.2, 0) is 4.79 Å². The van der Waals surface area contributed by atoms with E-state index >= 15 is 0 Å². The van der Waals surface area contributed by atoms with Crippen LogP contribution in [0, 0.1) is 11.3 Å². The lowest BCUT2D eigenvalue weighted by atomic mass is 10.0. The fraction of sp³-hybridized carbons (Fsp3) is 0.444. The third kappa shape index (κ3) is 3.79. The molecule has 3 rings (SSSR count). The minimum Gasteiger partial charge on any atom is -0.478 e. The lowest BCUT2D eigenvalue weighted by Crippen LogP contribution is -2.51. The van der Waals surface area contributed by atoms with E-state index in [1.54, 1.807) is 44.3 Å². The van der Waals surface area contributed by atoms with Gasteiger partial charge in [-0.1, -0.05) is 5.21 Å². The van der Waals surface area contributed by atoms with Crippen LogP contribution < -0.4 is 4.74 Å². The lowest BCUT2D eigenvalue weighted by molar-refractivity contribution is -0.146. The molecule has 2 aromatic rings. The largest absolute Gasteiger partial charge is 0.478 e. The molecule has 0 spiro atoms. The van der Waals surface area contributed by atoms with Crippen molar-refractivity contribution in [2.75, 3.05) is 13.1 Å². The maximum atomic E-state index is 12.9. The lowest BCUT2D eigenvalue weighted by Gasteiger charge is -2.36. The van der Waals surface area contributed by atoms with Gasteiger partial charge < -0.3 is 9.64 Å². The number of nitriles is 1. The van der Waals surface area contributed by atoms with Crippen LogP contribution in [0.15, 0.2) is 36.7 Å². The number of benzene rings is 1. The predicted molar refractivity (Wildman–Crippen MR) is 90.7 cm³/mol. The minimum atomic E-state index is -0.964. The van der Waals surface area contributed by atoms with Gasteiger partial charge in [-0.15, -0.1) is 5.10 Å². The molecular weight excluding hydrogens is 318 g/mol. The van der Waals surface area contributed by atoms with Crippen LogP contribution >= 0.6 is 0 Å². The van der Waals surface area contributed by atoms with E-state index in [1.807, 2.05) is 15.8 Å². The van der Waals surface area contributed by atoms with E-state index in [4.69, 9.17) is 10.00 Å². The van der Waals surface area contributed by atoms with Crippen molar-refractivity contribution in [3.8, 4) is 11.8 Å². The van der Waals surface area contributed by atoms with E-state index in [2.05, 4.69) is 16.4 Å². The molecule has 1 aromatic carbocycles. The molecule has 0 unspecified atom stereocenters. The standard InChI is InChI=1S/C18H21N5O2/c1-18(2,25-16-5-3-14(13-19)4-6-16)17(24)22-10-7-15(8-11-22)23-12-9-20-21-23/h3-6,9,12,15H,7-8,10-11H2,1-2H3. The van der Waals surface area contributed by atoms with Gasteiger partial charge in [0.05, 0.1) is 23.9 Å². The molecule has 2 heterocycles. The van der Waals surface area contributed by atoms with Gasteiger partial charge in [-0.05, 0) is 51.0 Å². The first kappa shape index (κ1) is 17.0. The highest BCUT2D eigenvalue weighted by Crippen LogP contribution is 2.25. The van der Waals surface area contributed by atoms with Crippen molar-refractivity contribution >= 4 is 5.91 Å². The first-order chi connectivity index (χ1) is 12.0. The van der Waals surface area contributed by atoms with E-state index in [9.17, 15) is 4.79 Å². The van der Waals surface area contributed by atoms with Crippen LogP contribution in [0.1, 0.15) is 38.3 Å². The van der Waals surface area contributed by atoms with E-state index < -0.39 is 5.60 Å². The fourth-order valence-corrected chi connectivity index (χ4v) is 3.06. The van der Waals surface area contributed by atoms with Gasteiger partial charge in [0, 0.05) is 19.3 Å². The number of likely N-dealkylation sites (tertiary alicyclic amines) is 1. The summed E-state index contributed by atoms with van der Waals surface area (Å²) >= 11 is 0. The quantitative estimate of drug-likeness (QED) is 0.852. The molecule has 1 aromatic heterocycles. The van der Waals surface area contributed by atoms with Gasteiger partial charge in [0.2, 0.25) is 0 Å². The zero-order valence-corrected chi connectivity index (χ0v) is 14.4. The van der Waals surface area contributed by atoms with Crippen LogP contribution in [0.25, 0.3) is 0 Å². The maximum Gasteiger partial charge on any atom is 0.266 e. The van der Waals surface area contributed by atoms with Gasteiger partial charge in [-0.25, -0.2) is 4.68 Å². The van der Waals surface area contributed by atoms with Crippen molar-refractivity contribution in [3.63, 3.8) is 0 Å². The number of hydrogen-bond donors (Lipinski definition) is 0. The minimum absolute atomic E-state index is 0.0334. The molecule has 0 radical (unpaired) electrons. The van der Waals surface area contributed by atoms with E-state index in [0.29, 0.717) is 24.4 Å². The van der Waals surface area contributed by atoms with Crippen LogP contribution in [0.5, 0.6) is 5.75 Å². The molecule has 0 aliphatic carbocycles. The van der Waals surface area contributed by atoms with Gasteiger partial charge in [-0.3, -0.25) is 4.79 Å². The first-order valence-electron chi connectivity index (χ1n) is 8.34. The van der Waals surface area contributed by atoms with Gasteiger partial charge in [-0.2, -0.15) is 5.26 Å². The molecule has 1 aliphatic heterocycles. The average molecular weight is 339 g/mol. The molecule has 0 N–H and O–H groups in total. The summed E-state index contributed by atoms with van der Waals surface area (Å²) in [4.78, 5) is 14.7. The molecule has 0 atom stereocenters. The summed E-state index contributed by atoms with van der Waals surface area (Å²) in [6, 6.07) is 9.14. The van der Waals surface area contributed by atoms with Crippen LogP contribution in [0.3, 0.4) is 0 Å². The Morgan fingerprint density at radius 2 is 1.96 bits per heavy atom. The van der Waals surface area contributed by atoms with Crippen molar-refractivity contribution in [1.29, 1.82) is 5.26 Å². The number of aromatic nitrogens is 3.